The topological polar surface area (TPSA) is 17.1 Å². The normalized spacial score (nSPS) is 12.3. The number of alkyl halides is 6. The Kier molecular flexibility index (Phi) is 4.43. The lowest BCUT2D eigenvalue weighted by Gasteiger charge is -2.13. The molecule has 0 atom stereocenters. The van der Waals surface area contributed by atoms with Gasteiger partial charge in [-0.2, -0.15) is 26.3 Å². The summed E-state index contributed by atoms with van der Waals surface area (Å²) in [6.07, 6.45) is -9.39. The van der Waals surface area contributed by atoms with Crippen molar-refractivity contribution in [3.8, 4) is 11.1 Å². The lowest BCUT2D eigenvalue weighted by atomic mass is 9.98. The average molecular weight is 353 g/mol. The summed E-state index contributed by atoms with van der Waals surface area (Å²) < 4.78 is 76.5. The summed E-state index contributed by atoms with van der Waals surface area (Å²) in [5, 5.41) is -1.34. The molecule has 0 aliphatic rings. The second-order valence-corrected chi connectivity index (χ2v) is 4.95. The van der Waals surface area contributed by atoms with Gasteiger partial charge < -0.3 is 0 Å². The van der Waals surface area contributed by atoms with Gasteiger partial charge in [0.1, 0.15) is 0 Å². The van der Waals surface area contributed by atoms with Crippen LogP contribution >= 0.6 is 11.6 Å². The third-order valence-electron chi connectivity index (χ3n) is 3.06. The van der Waals surface area contributed by atoms with Crippen molar-refractivity contribution in [1.29, 1.82) is 0 Å². The third-order valence-corrected chi connectivity index (χ3v) is 3.26. The Labute approximate surface area is 131 Å². The van der Waals surface area contributed by atoms with E-state index in [0.29, 0.717) is 6.07 Å². The summed E-state index contributed by atoms with van der Waals surface area (Å²) in [5.41, 5.74) is -2.96. The van der Waals surface area contributed by atoms with Crippen LogP contribution in [0.25, 0.3) is 11.1 Å². The number of halogens is 7. The molecule has 0 spiro atoms. The van der Waals surface area contributed by atoms with Crippen LogP contribution in [0.3, 0.4) is 0 Å². The van der Waals surface area contributed by atoms with Crippen LogP contribution < -0.4 is 0 Å². The van der Waals surface area contributed by atoms with Gasteiger partial charge in [-0.3, -0.25) is 4.79 Å². The first kappa shape index (κ1) is 17.3. The van der Waals surface area contributed by atoms with Gasteiger partial charge in [0.2, 0.25) is 0 Å². The van der Waals surface area contributed by atoms with Crippen molar-refractivity contribution in [2.24, 2.45) is 0 Å². The van der Waals surface area contributed by atoms with Crippen molar-refractivity contribution in [2.45, 2.75) is 12.4 Å². The largest absolute Gasteiger partial charge is 0.417 e. The predicted molar refractivity (Wildman–Crippen MR) is 72.1 cm³/mol. The Morgan fingerprint density at radius 2 is 1.43 bits per heavy atom. The number of rotatable bonds is 2. The molecular formula is C15H7ClF6O. The molecule has 1 nitrogen and oxygen atoms in total. The molecular weight excluding hydrogens is 346 g/mol. The van der Waals surface area contributed by atoms with E-state index in [2.05, 4.69) is 0 Å². The second kappa shape index (κ2) is 5.88. The van der Waals surface area contributed by atoms with Gasteiger partial charge >= 0.3 is 12.4 Å². The van der Waals surface area contributed by atoms with Crippen LogP contribution in [0.5, 0.6) is 0 Å². The third kappa shape index (κ3) is 3.85. The van der Waals surface area contributed by atoms with Crippen molar-refractivity contribution in [2.75, 3.05) is 0 Å². The van der Waals surface area contributed by atoms with Crippen molar-refractivity contribution in [1.82, 2.24) is 0 Å². The summed E-state index contributed by atoms with van der Waals surface area (Å²) in [4.78, 5) is 11.2. The number of hydrogen-bond donors (Lipinski definition) is 0. The van der Waals surface area contributed by atoms with E-state index in [0.717, 1.165) is 30.3 Å². The van der Waals surface area contributed by atoms with Gasteiger partial charge in [-0.1, -0.05) is 18.2 Å². The molecule has 2 aromatic carbocycles. The van der Waals surface area contributed by atoms with Crippen molar-refractivity contribution in [3.05, 3.63) is 59.2 Å². The molecule has 0 heterocycles. The second-order valence-electron chi connectivity index (χ2n) is 4.61. The summed E-state index contributed by atoms with van der Waals surface area (Å²) in [6.45, 7) is 0. The zero-order chi connectivity index (χ0) is 17.4. The minimum atomic E-state index is -4.80. The summed E-state index contributed by atoms with van der Waals surface area (Å²) >= 11 is 5.16. The molecule has 8 heteroatoms. The van der Waals surface area contributed by atoms with Gasteiger partial charge in [0.25, 0.3) is 5.24 Å². The standard InChI is InChI=1S/C15H7ClF6O/c16-13(23)11-7-9(4-5-12(11)15(20,21)22)8-2-1-3-10(6-8)14(17,18)19/h1-7H. The first-order valence-corrected chi connectivity index (χ1v) is 6.46. The van der Waals surface area contributed by atoms with Gasteiger partial charge in [-0.15, -0.1) is 0 Å². The minimum Gasteiger partial charge on any atom is -0.276 e. The van der Waals surface area contributed by atoms with Crippen molar-refractivity contribution in [3.63, 3.8) is 0 Å². The molecule has 0 N–H and O–H groups in total. The van der Waals surface area contributed by atoms with E-state index in [4.69, 9.17) is 11.6 Å². The zero-order valence-electron chi connectivity index (χ0n) is 11.1. The van der Waals surface area contributed by atoms with E-state index in [1.165, 1.54) is 6.07 Å². The monoisotopic (exact) mass is 352 g/mol. The minimum absolute atomic E-state index is 0.0210. The van der Waals surface area contributed by atoms with E-state index in [9.17, 15) is 31.1 Å². The fraction of sp³-hybridized carbons (Fsp3) is 0.133. The number of carbonyl (C=O) groups is 1. The van der Waals surface area contributed by atoms with Crippen LogP contribution in [0.2, 0.25) is 0 Å². The molecule has 2 rings (SSSR count). The summed E-state index contributed by atoms with van der Waals surface area (Å²) in [5.74, 6) is 0. The predicted octanol–water partition coefficient (Wildman–Crippen LogP) is 5.77. The average Bonchev–Trinajstić information content (AvgIpc) is 2.45. The summed E-state index contributed by atoms with van der Waals surface area (Å²) in [6, 6.07) is 6.46. The Hall–Kier alpha value is -2.02. The smallest absolute Gasteiger partial charge is 0.276 e. The molecule has 0 aromatic heterocycles. The maximum absolute atomic E-state index is 12.8. The molecule has 0 bridgehead atoms. The van der Waals surface area contributed by atoms with E-state index in [-0.39, 0.29) is 11.1 Å². The maximum atomic E-state index is 12.8. The molecule has 0 radical (unpaired) electrons. The Morgan fingerprint density at radius 1 is 0.826 bits per heavy atom. The van der Waals surface area contributed by atoms with Crippen LogP contribution in [0.1, 0.15) is 21.5 Å². The first-order valence-electron chi connectivity index (χ1n) is 6.09. The van der Waals surface area contributed by atoms with Crippen LogP contribution in [0, 0.1) is 0 Å². The van der Waals surface area contributed by atoms with E-state index >= 15 is 0 Å². The molecule has 0 fully saturated rings. The molecule has 2 aromatic rings. The molecule has 0 unspecified atom stereocenters. The molecule has 0 saturated heterocycles. The van der Waals surface area contributed by atoms with Crippen LogP contribution in [0.15, 0.2) is 42.5 Å². The molecule has 122 valence electrons. The van der Waals surface area contributed by atoms with Gasteiger partial charge in [0.15, 0.2) is 0 Å². The zero-order valence-corrected chi connectivity index (χ0v) is 11.9. The molecule has 0 aliphatic carbocycles. The highest BCUT2D eigenvalue weighted by atomic mass is 35.5. The molecule has 23 heavy (non-hydrogen) atoms. The quantitative estimate of drug-likeness (QED) is 0.495. The van der Waals surface area contributed by atoms with Crippen LogP contribution in [-0.2, 0) is 12.4 Å². The van der Waals surface area contributed by atoms with Gasteiger partial charge in [0, 0.05) is 5.56 Å². The lowest BCUT2D eigenvalue weighted by Crippen LogP contribution is -2.11. The number of hydrogen-bond acceptors (Lipinski definition) is 1. The number of carbonyl (C=O) groups excluding carboxylic acids is 1. The fourth-order valence-electron chi connectivity index (χ4n) is 2.01. The lowest BCUT2D eigenvalue weighted by molar-refractivity contribution is -0.138. The van der Waals surface area contributed by atoms with Crippen molar-refractivity contribution >= 4 is 16.8 Å². The van der Waals surface area contributed by atoms with E-state index in [1.807, 2.05) is 0 Å². The summed E-state index contributed by atoms with van der Waals surface area (Å²) in [7, 11) is 0. The van der Waals surface area contributed by atoms with Crippen LogP contribution in [-0.4, -0.2) is 5.24 Å². The highest BCUT2D eigenvalue weighted by molar-refractivity contribution is 6.68. The highest BCUT2D eigenvalue weighted by Crippen LogP contribution is 2.36. The van der Waals surface area contributed by atoms with E-state index in [1.54, 1.807) is 0 Å². The Morgan fingerprint density at radius 3 is 1.96 bits per heavy atom. The fourth-order valence-corrected chi connectivity index (χ4v) is 2.17. The molecule has 0 saturated carbocycles. The Bertz CT molecular complexity index is 748. The van der Waals surface area contributed by atoms with Crippen LogP contribution in [0.4, 0.5) is 26.3 Å². The van der Waals surface area contributed by atoms with E-state index < -0.39 is 34.3 Å². The Balaban J connectivity index is 2.58. The first-order chi connectivity index (χ1) is 10.5. The molecule has 0 amide bonds. The van der Waals surface area contributed by atoms with Crippen molar-refractivity contribution < 1.29 is 31.1 Å². The maximum Gasteiger partial charge on any atom is 0.417 e. The van der Waals surface area contributed by atoms with Gasteiger partial charge in [0.05, 0.1) is 11.1 Å². The SMILES string of the molecule is O=C(Cl)c1cc(-c2cccc(C(F)(F)F)c2)ccc1C(F)(F)F. The highest BCUT2D eigenvalue weighted by Gasteiger charge is 2.35. The van der Waals surface area contributed by atoms with Gasteiger partial charge in [-0.25, -0.2) is 0 Å². The molecule has 0 aliphatic heterocycles. The number of benzene rings is 2. The van der Waals surface area contributed by atoms with Gasteiger partial charge in [-0.05, 0) is 47.0 Å².